The normalized spacial score (nSPS) is 18.1. The molecule has 0 aliphatic carbocycles. The lowest BCUT2D eigenvalue weighted by atomic mass is 10.1. The molecule has 208 valence electrons. The number of hydrogen-bond acceptors (Lipinski definition) is 6. The number of carbonyl (C=O) groups is 2. The van der Waals surface area contributed by atoms with Gasteiger partial charge in [-0.15, -0.1) is 0 Å². The molecule has 2 aromatic carbocycles. The van der Waals surface area contributed by atoms with E-state index in [1.807, 2.05) is 0 Å². The summed E-state index contributed by atoms with van der Waals surface area (Å²) in [5, 5.41) is 2.65. The van der Waals surface area contributed by atoms with Gasteiger partial charge in [-0.05, 0) is 49.2 Å². The molecule has 39 heavy (non-hydrogen) atoms. The topological polar surface area (TPSA) is 114 Å². The van der Waals surface area contributed by atoms with Crippen LogP contribution in [0.4, 0.5) is 24.8 Å². The summed E-state index contributed by atoms with van der Waals surface area (Å²) in [5.74, 6) is -0.850. The molecule has 2 fully saturated rings. The van der Waals surface area contributed by atoms with E-state index in [-0.39, 0.29) is 43.2 Å². The Labute approximate surface area is 222 Å². The number of carbonyl (C=O) groups excluding carboxylic acids is 2. The Hall–Kier alpha value is -3.49. The highest BCUT2D eigenvalue weighted by molar-refractivity contribution is 7.88. The number of fused-ring (bicyclic) bond motifs is 1. The molecule has 0 radical (unpaired) electrons. The number of morpholine rings is 1. The molecule has 2 amide bonds. The number of amides is 2. The second-order valence-corrected chi connectivity index (χ2v) is 11.5. The first-order valence-corrected chi connectivity index (χ1v) is 14.1. The predicted molar refractivity (Wildman–Crippen MR) is 137 cm³/mol. The predicted octanol–water partition coefficient (Wildman–Crippen LogP) is 3.27. The van der Waals surface area contributed by atoms with Crippen LogP contribution in [0.2, 0.25) is 0 Å². The van der Waals surface area contributed by atoms with Crippen molar-refractivity contribution in [2.24, 2.45) is 0 Å². The molecule has 10 nitrogen and oxygen atoms in total. The Morgan fingerprint density at radius 1 is 1.10 bits per heavy atom. The fourth-order valence-corrected chi connectivity index (χ4v) is 5.82. The van der Waals surface area contributed by atoms with Gasteiger partial charge in [0, 0.05) is 36.9 Å². The number of benzene rings is 2. The van der Waals surface area contributed by atoms with Gasteiger partial charge in [-0.2, -0.15) is 13.2 Å². The SMILES string of the molecule is CS(=O)(=O)N1CCC(n2c(NC(=O)c3cccc(C(F)(F)F)c3)nc3cc(N4CCOCC4=O)ccc32)CC1. The molecule has 0 saturated carbocycles. The summed E-state index contributed by atoms with van der Waals surface area (Å²) in [5.41, 5.74) is 0.572. The van der Waals surface area contributed by atoms with Crippen molar-refractivity contribution in [3.05, 3.63) is 53.6 Å². The number of nitrogens with zero attached hydrogens (tertiary/aromatic N) is 4. The monoisotopic (exact) mass is 565 g/mol. The molecule has 1 aromatic heterocycles. The summed E-state index contributed by atoms with van der Waals surface area (Å²) in [6.07, 6.45) is -2.58. The summed E-state index contributed by atoms with van der Waals surface area (Å²) >= 11 is 0. The number of alkyl halides is 3. The first-order chi connectivity index (χ1) is 18.4. The molecule has 2 aliphatic heterocycles. The van der Waals surface area contributed by atoms with E-state index in [0.29, 0.717) is 42.7 Å². The van der Waals surface area contributed by atoms with Gasteiger partial charge in [0.25, 0.3) is 11.8 Å². The minimum Gasteiger partial charge on any atom is -0.370 e. The average Bonchev–Trinajstić information content (AvgIpc) is 3.25. The smallest absolute Gasteiger partial charge is 0.370 e. The standard InChI is InChI=1S/C25H26F3N5O5S/c1-39(36,37)31-9-7-18(8-10-31)33-21-6-5-19(32-11-12-38-15-22(32)34)14-20(21)29-24(33)30-23(35)16-3-2-4-17(13-16)25(26,27)28/h2-6,13-14,18H,7-12,15H2,1H3,(H,29,30,35). The van der Waals surface area contributed by atoms with E-state index in [2.05, 4.69) is 10.3 Å². The Morgan fingerprint density at radius 2 is 1.85 bits per heavy atom. The van der Waals surface area contributed by atoms with Crippen LogP contribution in [0.25, 0.3) is 11.0 Å². The highest BCUT2D eigenvalue weighted by atomic mass is 32.2. The van der Waals surface area contributed by atoms with Gasteiger partial charge in [0.05, 0.1) is 29.5 Å². The number of aromatic nitrogens is 2. The molecule has 0 bridgehead atoms. The number of ether oxygens (including phenoxy) is 1. The molecule has 2 saturated heterocycles. The lowest BCUT2D eigenvalue weighted by molar-refractivity contribution is -0.137. The molecule has 1 N–H and O–H groups in total. The first-order valence-electron chi connectivity index (χ1n) is 12.3. The van der Waals surface area contributed by atoms with Gasteiger partial charge in [-0.3, -0.25) is 14.9 Å². The van der Waals surface area contributed by atoms with Crippen molar-refractivity contribution in [2.45, 2.75) is 25.1 Å². The van der Waals surface area contributed by atoms with Crippen molar-refractivity contribution in [1.29, 1.82) is 0 Å². The van der Waals surface area contributed by atoms with Gasteiger partial charge >= 0.3 is 6.18 Å². The maximum atomic E-state index is 13.2. The number of nitrogens with one attached hydrogen (secondary N) is 1. The fourth-order valence-electron chi connectivity index (χ4n) is 4.95. The number of imidazole rings is 1. The molecule has 3 heterocycles. The van der Waals surface area contributed by atoms with E-state index in [0.717, 1.165) is 24.5 Å². The van der Waals surface area contributed by atoms with Crippen LogP contribution in [0.5, 0.6) is 0 Å². The molecule has 3 aromatic rings. The van der Waals surface area contributed by atoms with Crippen LogP contribution in [0.15, 0.2) is 42.5 Å². The van der Waals surface area contributed by atoms with Crippen molar-refractivity contribution in [3.8, 4) is 0 Å². The van der Waals surface area contributed by atoms with Gasteiger partial charge in [-0.1, -0.05) is 6.07 Å². The van der Waals surface area contributed by atoms with Crippen LogP contribution >= 0.6 is 0 Å². The minimum atomic E-state index is -4.61. The van der Waals surface area contributed by atoms with Gasteiger partial charge in [0.1, 0.15) is 6.61 Å². The second-order valence-electron chi connectivity index (χ2n) is 9.50. The summed E-state index contributed by atoms with van der Waals surface area (Å²) in [6.45, 7) is 1.25. The van der Waals surface area contributed by atoms with Crippen LogP contribution in [-0.4, -0.2) is 73.2 Å². The zero-order valence-corrected chi connectivity index (χ0v) is 21.8. The number of rotatable bonds is 5. The van der Waals surface area contributed by atoms with Crippen molar-refractivity contribution in [2.75, 3.05) is 49.3 Å². The Balaban J connectivity index is 1.51. The van der Waals surface area contributed by atoms with Crippen LogP contribution in [-0.2, 0) is 25.7 Å². The van der Waals surface area contributed by atoms with Crippen molar-refractivity contribution < 1.29 is 35.9 Å². The minimum absolute atomic E-state index is 0.0380. The fraction of sp³-hybridized carbons (Fsp3) is 0.400. The van der Waals surface area contributed by atoms with Gasteiger partial charge in [0.2, 0.25) is 16.0 Å². The van der Waals surface area contributed by atoms with E-state index < -0.39 is 27.7 Å². The van der Waals surface area contributed by atoms with Gasteiger partial charge in [-0.25, -0.2) is 17.7 Å². The van der Waals surface area contributed by atoms with Crippen LogP contribution in [0.3, 0.4) is 0 Å². The van der Waals surface area contributed by atoms with Crippen LogP contribution in [0.1, 0.15) is 34.8 Å². The average molecular weight is 566 g/mol. The van der Waals surface area contributed by atoms with Gasteiger partial charge < -0.3 is 14.2 Å². The highest BCUT2D eigenvalue weighted by Crippen LogP contribution is 2.34. The van der Waals surface area contributed by atoms with E-state index in [4.69, 9.17) is 4.74 Å². The zero-order chi connectivity index (χ0) is 27.9. The molecular weight excluding hydrogens is 539 g/mol. The Bertz CT molecular complexity index is 1530. The van der Waals surface area contributed by atoms with E-state index in [1.165, 1.54) is 10.4 Å². The van der Waals surface area contributed by atoms with Crippen LogP contribution < -0.4 is 10.2 Å². The first kappa shape index (κ1) is 27.1. The van der Waals surface area contributed by atoms with Crippen LogP contribution in [0, 0.1) is 0 Å². The molecule has 0 atom stereocenters. The van der Waals surface area contributed by atoms with Gasteiger partial charge in [0.15, 0.2) is 0 Å². The third-order valence-corrected chi connectivity index (χ3v) is 8.21. The number of halogens is 3. The maximum Gasteiger partial charge on any atom is 0.416 e. The number of piperidine rings is 1. The van der Waals surface area contributed by atoms with Crippen molar-refractivity contribution in [1.82, 2.24) is 13.9 Å². The molecule has 0 spiro atoms. The summed E-state index contributed by atoms with van der Waals surface area (Å²) in [6, 6.07) is 9.10. The zero-order valence-electron chi connectivity index (χ0n) is 20.9. The lowest BCUT2D eigenvalue weighted by Gasteiger charge is -2.32. The molecule has 14 heteroatoms. The third-order valence-electron chi connectivity index (χ3n) is 6.91. The number of hydrogen-bond donors (Lipinski definition) is 1. The molecule has 0 unspecified atom stereocenters. The molecule has 2 aliphatic rings. The quantitative estimate of drug-likeness (QED) is 0.508. The summed E-state index contributed by atoms with van der Waals surface area (Å²) in [7, 11) is -3.37. The highest BCUT2D eigenvalue weighted by Gasteiger charge is 2.32. The number of sulfonamides is 1. The lowest BCUT2D eigenvalue weighted by Crippen LogP contribution is -2.41. The van der Waals surface area contributed by atoms with Crippen molar-refractivity contribution >= 4 is 44.5 Å². The Kier molecular flexibility index (Phi) is 7.11. The third kappa shape index (κ3) is 5.63. The van der Waals surface area contributed by atoms with Crippen molar-refractivity contribution in [3.63, 3.8) is 0 Å². The number of anilines is 2. The molecule has 5 rings (SSSR count). The maximum absolute atomic E-state index is 13.2. The second kappa shape index (κ2) is 10.2. The van der Waals surface area contributed by atoms with E-state index in [1.54, 1.807) is 27.7 Å². The van der Waals surface area contributed by atoms with E-state index >= 15 is 0 Å². The largest absolute Gasteiger partial charge is 0.416 e. The molecular formula is C25H26F3N5O5S. The Morgan fingerprint density at radius 3 is 2.51 bits per heavy atom. The van der Waals surface area contributed by atoms with E-state index in [9.17, 15) is 31.2 Å². The summed E-state index contributed by atoms with van der Waals surface area (Å²) < 4.78 is 72.0. The summed E-state index contributed by atoms with van der Waals surface area (Å²) in [4.78, 5) is 31.6.